The molecule has 0 heterocycles. The van der Waals surface area contributed by atoms with Crippen molar-refractivity contribution in [3.8, 4) is 11.1 Å². The van der Waals surface area contributed by atoms with Crippen LogP contribution in [-0.2, 0) is 6.54 Å². The SMILES string of the molecule is Fc1cc(F)c(-c2ccc(CNC3CC3)cc2)cc1F. The molecule has 0 bridgehead atoms. The van der Waals surface area contributed by atoms with Crippen LogP contribution < -0.4 is 5.32 Å². The zero-order valence-electron chi connectivity index (χ0n) is 10.8. The summed E-state index contributed by atoms with van der Waals surface area (Å²) in [4.78, 5) is 0. The molecule has 0 saturated heterocycles. The predicted octanol–water partition coefficient (Wildman–Crippen LogP) is 4.02. The topological polar surface area (TPSA) is 12.0 Å². The third-order valence-corrected chi connectivity index (χ3v) is 3.45. The fourth-order valence-electron chi connectivity index (χ4n) is 2.10. The summed E-state index contributed by atoms with van der Waals surface area (Å²) in [6, 6.07) is 9.27. The minimum Gasteiger partial charge on any atom is -0.310 e. The van der Waals surface area contributed by atoms with Gasteiger partial charge in [-0.1, -0.05) is 24.3 Å². The van der Waals surface area contributed by atoms with Crippen molar-refractivity contribution in [3.05, 3.63) is 59.4 Å². The van der Waals surface area contributed by atoms with Crippen LogP contribution in [0.25, 0.3) is 11.1 Å². The Kier molecular flexibility index (Phi) is 3.49. The molecule has 2 aromatic carbocycles. The smallest absolute Gasteiger partial charge is 0.161 e. The highest BCUT2D eigenvalue weighted by molar-refractivity contribution is 5.64. The molecule has 0 radical (unpaired) electrons. The summed E-state index contributed by atoms with van der Waals surface area (Å²) in [7, 11) is 0. The minimum atomic E-state index is -1.17. The molecule has 20 heavy (non-hydrogen) atoms. The Bertz CT molecular complexity index is 618. The lowest BCUT2D eigenvalue weighted by atomic mass is 10.0. The van der Waals surface area contributed by atoms with E-state index >= 15 is 0 Å². The molecule has 1 fully saturated rings. The van der Waals surface area contributed by atoms with Crippen molar-refractivity contribution in [2.75, 3.05) is 0 Å². The second kappa shape index (κ2) is 5.29. The van der Waals surface area contributed by atoms with Crippen molar-refractivity contribution in [2.24, 2.45) is 0 Å². The normalized spacial score (nSPS) is 14.6. The van der Waals surface area contributed by atoms with Crippen molar-refractivity contribution < 1.29 is 13.2 Å². The zero-order valence-corrected chi connectivity index (χ0v) is 10.8. The largest absolute Gasteiger partial charge is 0.310 e. The molecule has 2 aromatic rings. The molecule has 0 unspecified atom stereocenters. The van der Waals surface area contributed by atoms with Gasteiger partial charge in [0.1, 0.15) is 5.82 Å². The van der Waals surface area contributed by atoms with E-state index in [4.69, 9.17) is 0 Å². The lowest BCUT2D eigenvalue weighted by molar-refractivity contribution is 0.496. The molecule has 3 rings (SSSR count). The van der Waals surface area contributed by atoms with Crippen LogP contribution in [0.1, 0.15) is 18.4 Å². The first-order chi connectivity index (χ1) is 9.63. The maximum Gasteiger partial charge on any atom is 0.161 e. The molecule has 4 heteroatoms. The molecule has 0 aliphatic heterocycles. The van der Waals surface area contributed by atoms with E-state index < -0.39 is 17.5 Å². The lowest BCUT2D eigenvalue weighted by Crippen LogP contribution is -2.15. The summed E-state index contributed by atoms with van der Waals surface area (Å²) in [5.74, 6) is -2.97. The molecule has 1 aliphatic carbocycles. The number of hydrogen-bond donors (Lipinski definition) is 1. The van der Waals surface area contributed by atoms with Crippen LogP contribution in [0.3, 0.4) is 0 Å². The quantitative estimate of drug-likeness (QED) is 0.832. The van der Waals surface area contributed by atoms with E-state index in [0.29, 0.717) is 17.7 Å². The number of halogens is 3. The zero-order chi connectivity index (χ0) is 14.1. The molecule has 104 valence electrons. The first-order valence-corrected chi connectivity index (χ1v) is 6.61. The summed E-state index contributed by atoms with van der Waals surface area (Å²) in [5.41, 5.74) is 1.70. The molecular formula is C16H14F3N. The van der Waals surface area contributed by atoms with Crippen molar-refractivity contribution >= 4 is 0 Å². The maximum atomic E-state index is 13.7. The summed E-state index contributed by atoms with van der Waals surface area (Å²) in [6.45, 7) is 0.769. The van der Waals surface area contributed by atoms with E-state index in [1.165, 1.54) is 12.8 Å². The molecule has 1 N–H and O–H groups in total. The van der Waals surface area contributed by atoms with E-state index in [2.05, 4.69) is 5.32 Å². The molecule has 0 amide bonds. The van der Waals surface area contributed by atoms with Crippen molar-refractivity contribution in [1.29, 1.82) is 0 Å². The van der Waals surface area contributed by atoms with Crippen LogP contribution in [0.15, 0.2) is 36.4 Å². The van der Waals surface area contributed by atoms with Gasteiger partial charge in [-0.05, 0) is 30.0 Å². The van der Waals surface area contributed by atoms with Crippen LogP contribution in [0.2, 0.25) is 0 Å². The Labute approximate surface area is 115 Å². The highest BCUT2D eigenvalue weighted by Gasteiger charge is 2.19. The third-order valence-electron chi connectivity index (χ3n) is 3.45. The van der Waals surface area contributed by atoms with Gasteiger partial charge in [0.2, 0.25) is 0 Å². The van der Waals surface area contributed by atoms with Crippen LogP contribution in [0.4, 0.5) is 13.2 Å². The monoisotopic (exact) mass is 277 g/mol. The Morgan fingerprint density at radius 2 is 1.55 bits per heavy atom. The van der Waals surface area contributed by atoms with Crippen molar-refractivity contribution in [2.45, 2.75) is 25.4 Å². The summed E-state index contributed by atoms with van der Waals surface area (Å²) in [6.07, 6.45) is 2.44. The van der Waals surface area contributed by atoms with Gasteiger partial charge in [-0.3, -0.25) is 0 Å². The van der Waals surface area contributed by atoms with Crippen LogP contribution in [-0.4, -0.2) is 6.04 Å². The Balaban J connectivity index is 1.81. The van der Waals surface area contributed by atoms with Gasteiger partial charge >= 0.3 is 0 Å². The van der Waals surface area contributed by atoms with Gasteiger partial charge in [0.15, 0.2) is 11.6 Å². The fraction of sp³-hybridized carbons (Fsp3) is 0.250. The molecule has 0 spiro atoms. The highest BCUT2D eigenvalue weighted by Crippen LogP contribution is 2.26. The summed E-state index contributed by atoms with van der Waals surface area (Å²) < 4.78 is 39.7. The first kappa shape index (κ1) is 13.2. The fourth-order valence-corrected chi connectivity index (χ4v) is 2.10. The van der Waals surface area contributed by atoms with E-state index in [1.54, 1.807) is 12.1 Å². The van der Waals surface area contributed by atoms with Crippen molar-refractivity contribution in [1.82, 2.24) is 5.32 Å². The predicted molar refractivity (Wildman–Crippen MR) is 71.6 cm³/mol. The van der Waals surface area contributed by atoms with Gasteiger partial charge in [0.05, 0.1) is 0 Å². The molecule has 0 aromatic heterocycles. The Hall–Kier alpha value is -1.81. The molecule has 1 saturated carbocycles. The highest BCUT2D eigenvalue weighted by atomic mass is 19.2. The van der Waals surface area contributed by atoms with Gasteiger partial charge in [0.25, 0.3) is 0 Å². The summed E-state index contributed by atoms with van der Waals surface area (Å²) in [5, 5.41) is 3.38. The summed E-state index contributed by atoms with van der Waals surface area (Å²) >= 11 is 0. The molecule has 0 atom stereocenters. The average Bonchev–Trinajstić information content (AvgIpc) is 3.25. The van der Waals surface area contributed by atoms with Crippen LogP contribution in [0, 0.1) is 17.5 Å². The number of rotatable bonds is 4. The van der Waals surface area contributed by atoms with E-state index in [0.717, 1.165) is 18.2 Å². The van der Waals surface area contributed by atoms with E-state index in [-0.39, 0.29) is 5.56 Å². The molecular weight excluding hydrogens is 263 g/mol. The lowest BCUT2D eigenvalue weighted by Gasteiger charge is -2.07. The number of benzene rings is 2. The molecule has 1 nitrogen and oxygen atoms in total. The standard InChI is InChI=1S/C16H14F3N/c17-14-8-16(19)15(18)7-13(14)11-3-1-10(2-4-11)9-20-12-5-6-12/h1-4,7-8,12,20H,5-6,9H2. The van der Waals surface area contributed by atoms with E-state index in [9.17, 15) is 13.2 Å². The third kappa shape index (κ3) is 2.85. The maximum absolute atomic E-state index is 13.7. The van der Waals surface area contributed by atoms with Gasteiger partial charge < -0.3 is 5.32 Å². The van der Waals surface area contributed by atoms with Gasteiger partial charge in [-0.2, -0.15) is 0 Å². The Morgan fingerprint density at radius 3 is 2.20 bits per heavy atom. The average molecular weight is 277 g/mol. The Morgan fingerprint density at radius 1 is 0.900 bits per heavy atom. The second-order valence-electron chi connectivity index (χ2n) is 5.10. The van der Waals surface area contributed by atoms with Crippen LogP contribution >= 0.6 is 0 Å². The number of nitrogens with one attached hydrogen (secondary N) is 1. The van der Waals surface area contributed by atoms with Crippen molar-refractivity contribution in [3.63, 3.8) is 0 Å². The second-order valence-corrected chi connectivity index (χ2v) is 5.10. The molecule has 1 aliphatic rings. The van der Waals surface area contributed by atoms with Gasteiger partial charge in [0, 0.05) is 24.2 Å². The van der Waals surface area contributed by atoms with E-state index in [1.807, 2.05) is 12.1 Å². The van der Waals surface area contributed by atoms with Crippen LogP contribution in [0.5, 0.6) is 0 Å². The van der Waals surface area contributed by atoms with Gasteiger partial charge in [-0.25, -0.2) is 13.2 Å². The first-order valence-electron chi connectivity index (χ1n) is 6.61. The number of hydrogen-bond acceptors (Lipinski definition) is 1. The minimum absolute atomic E-state index is 0.0746. The van der Waals surface area contributed by atoms with Gasteiger partial charge in [-0.15, -0.1) is 0 Å².